The van der Waals surface area contributed by atoms with Crippen LogP contribution < -0.4 is 10.1 Å². The third-order valence-corrected chi connectivity index (χ3v) is 2.37. The number of aromatic nitrogens is 1. The molecule has 0 saturated carbocycles. The molecule has 0 aliphatic carbocycles. The number of halogens is 2. The number of pyridine rings is 1. The summed E-state index contributed by atoms with van der Waals surface area (Å²) in [6.45, 7) is 1.97. The van der Waals surface area contributed by atoms with E-state index in [9.17, 15) is 0 Å². The Morgan fingerprint density at radius 2 is 2.19 bits per heavy atom. The zero-order chi connectivity index (χ0) is 9.80. The predicted octanol–water partition coefficient (Wildman–Crippen LogP) is 2.31. The number of nitrogens with zero attached hydrogens (tertiary/aromatic N) is 1. The van der Waals surface area contributed by atoms with Crippen molar-refractivity contribution >= 4 is 30.4 Å². The molecule has 1 aliphatic heterocycles. The van der Waals surface area contributed by atoms with E-state index in [0.717, 1.165) is 31.0 Å². The van der Waals surface area contributed by atoms with E-state index in [1.807, 2.05) is 6.07 Å². The van der Waals surface area contributed by atoms with E-state index in [2.05, 4.69) is 22.4 Å². The number of hydrogen-bond donors (Lipinski definition) is 1. The lowest BCUT2D eigenvalue weighted by Crippen LogP contribution is -2.20. The number of nitrogens with one attached hydrogen (secondary N) is 1. The molecule has 0 amide bonds. The van der Waals surface area contributed by atoms with Gasteiger partial charge in [0.15, 0.2) is 0 Å². The first-order valence-electron chi connectivity index (χ1n) is 4.81. The Labute approximate surface area is 108 Å². The Kier molecular flexibility index (Phi) is 7.13. The van der Waals surface area contributed by atoms with Crippen LogP contribution in [0.1, 0.15) is 12.0 Å². The molecule has 0 spiro atoms. The van der Waals surface area contributed by atoms with Gasteiger partial charge in [0.25, 0.3) is 0 Å². The third-order valence-electron chi connectivity index (χ3n) is 2.37. The van der Waals surface area contributed by atoms with Gasteiger partial charge in [0, 0.05) is 18.3 Å². The molecule has 2 heterocycles. The van der Waals surface area contributed by atoms with Crippen molar-refractivity contribution in [2.75, 3.05) is 20.2 Å². The van der Waals surface area contributed by atoms with Crippen molar-refractivity contribution in [2.45, 2.75) is 6.42 Å². The second-order valence-electron chi connectivity index (χ2n) is 3.24. The molecular formula is C11H16Cl2N2O. The predicted molar refractivity (Wildman–Crippen MR) is 70.7 cm³/mol. The minimum Gasteiger partial charge on any atom is -0.481 e. The molecule has 0 bridgehead atoms. The zero-order valence-corrected chi connectivity index (χ0v) is 10.7. The van der Waals surface area contributed by atoms with Crippen molar-refractivity contribution < 1.29 is 4.74 Å². The highest BCUT2D eigenvalue weighted by Crippen LogP contribution is 2.26. The van der Waals surface area contributed by atoms with Crippen molar-refractivity contribution in [2.24, 2.45) is 0 Å². The molecule has 0 unspecified atom stereocenters. The van der Waals surface area contributed by atoms with Gasteiger partial charge in [-0.1, -0.05) is 6.08 Å². The van der Waals surface area contributed by atoms with Crippen molar-refractivity contribution in [1.82, 2.24) is 10.3 Å². The first-order valence-corrected chi connectivity index (χ1v) is 4.81. The molecule has 3 nitrogen and oxygen atoms in total. The molecule has 1 aromatic heterocycles. The number of hydrogen-bond acceptors (Lipinski definition) is 3. The van der Waals surface area contributed by atoms with E-state index in [1.165, 1.54) is 5.57 Å². The molecule has 0 atom stereocenters. The molecule has 1 aliphatic rings. The van der Waals surface area contributed by atoms with Crippen LogP contribution in [0.5, 0.6) is 5.88 Å². The first kappa shape index (κ1) is 15.2. The summed E-state index contributed by atoms with van der Waals surface area (Å²) in [6.07, 6.45) is 5.00. The summed E-state index contributed by atoms with van der Waals surface area (Å²) in [5.74, 6) is 0.723. The fourth-order valence-electron chi connectivity index (χ4n) is 1.67. The Bertz CT molecular complexity index is 356. The molecule has 1 N–H and O–H groups in total. The second kappa shape index (κ2) is 7.49. The SMILES string of the molecule is COc1ncccc1C1=CCNCC1.Cl.Cl. The van der Waals surface area contributed by atoms with Gasteiger partial charge in [0.2, 0.25) is 5.88 Å². The maximum atomic E-state index is 5.23. The number of ether oxygens (including phenoxy) is 1. The van der Waals surface area contributed by atoms with Crippen LogP contribution in [0.4, 0.5) is 0 Å². The maximum absolute atomic E-state index is 5.23. The summed E-state index contributed by atoms with van der Waals surface area (Å²) < 4.78 is 5.23. The summed E-state index contributed by atoms with van der Waals surface area (Å²) in [6, 6.07) is 4.00. The molecular weight excluding hydrogens is 247 g/mol. The lowest BCUT2D eigenvalue weighted by molar-refractivity contribution is 0.396. The quantitative estimate of drug-likeness (QED) is 0.889. The van der Waals surface area contributed by atoms with E-state index < -0.39 is 0 Å². The number of methoxy groups -OCH3 is 1. The van der Waals surface area contributed by atoms with Crippen LogP contribution in [0.3, 0.4) is 0 Å². The maximum Gasteiger partial charge on any atom is 0.220 e. The highest BCUT2D eigenvalue weighted by molar-refractivity contribution is 5.85. The van der Waals surface area contributed by atoms with Crippen LogP contribution in [0.25, 0.3) is 5.57 Å². The monoisotopic (exact) mass is 262 g/mol. The fraction of sp³-hybridized carbons (Fsp3) is 0.364. The Hall–Kier alpha value is -0.770. The molecule has 0 fully saturated rings. The minimum absolute atomic E-state index is 0. The summed E-state index contributed by atoms with van der Waals surface area (Å²) in [4.78, 5) is 4.19. The molecule has 0 radical (unpaired) electrons. The topological polar surface area (TPSA) is 34.1 Å². The second-order valence-corrected chi connectivity index (χ2v) is 3.24. The molecule has 16 heavy (non-hydrogen) atoms. The highest BCUT2D eigenvalue weighted by Gasteiger charge is 2.10. The van der Waals surface area contributed by atoms with Gasteiger partial charge in [0.05, 0.1) is 7.11 Å². The van der Waals surface area contributed by atoms with Crippen LogP contribution in [0, 0.1) is 0 Å². The van der Waals surface area contributed by atoms with E-state index >= 15 is 0 Å². The molecule has 0 aromatic carbocycles. The van der Waals surface area contributed by atoms with Crippen LogP contribution in [0.2, 0.25) is 0 Å². The highest BCUT2D eigenvalue weighted by atomic mass is 35.5. The normalized spacial score (nSPS) is 14.2. The standard InChI is InChI=1S/C11H14N2O.2ClH/c1-14-11-10(3-2-6-13-11)9-4-7-12-8-5-9;;/h2-4,6,12H,5,7-8H2,1H3;2*1H. The summed E-state index contributed by atoms with van der Waals surface area (Å²) >= 11 is 0. The fourth-order valence-corrected chi connectivity index (χ4v) is 1.67. The zero-order valence-electron chi connectivity index (χ0n) is 9.10. The summed E-state index contributed by atoms with van der Waals surface area (Å²) in [7, 11) is 1.66. The van der Waals surface area contributed by atoms with Gasteiger partial charge in [-0.2, -0.15) is 0 Å². The Morgan fingerprint density at radius 1 is 1.38 bits per heavy atom. The van der Waals surface area contributed by atoms with Crippen molar-refractivity contribution in [3.05, 3.63) is 30.0 Å². The van der Waals surface area contributed by atoms with Gasteiger partial charge >= 0.3 is 0 Å². The summed E-state index contributed by atoms with van der Waals surface area (Å²) in [5.41, 5.74) is 2.45. The van der Waals surface area contributed by atoms with Crippen molar-refractivity contribution in [3.63, 3.8) is 0 Å². The molecule has 1 aromatic rings. The van der Waals surface area contributed by atoms with Crippen LogP contribution in [-0.4, -0.2) is 25.2 Å². The minimum atomic E-state index is 0. The van der Waals surface area contributed by atoms with E-state index in [4.69, 9.17) is 4.74 Å². The van der Waals surface area contributed by atoms with Crippen LogP contribution in [0.15, 0.2) is 24.4 Å². The average molecular weight is 263 g/mol. The van der Waals surface area contributed by atoms with Crippen LogP contribution >= 0.6 is 24.8 Å². The van der Waals surface area contributed by atoms with Gasteiger partial charge < -0.3 is 10.1 Å². The van der Waals surface area contributed by atoms with E-state index in [1.54, 1.807) is 13.3 Å². The Balaban J connectivity index is 0.00000112. The van der Waals surface area contributed by atoms with Crippen molar-refractivity contribution in [1.29, 1.82) is 0 Å². The molecule has 2 rings (SSSR count). The van der Waals surface area contributed by atoms with Gasteiger partial charge in [-0.25, -0.2) is 4.98 Å². The average Bonchev–Trinajstić information content (AvgIpc) is 2.30. The largest absolute Gasteiger partial charge is 0.481 e. The van der Waals surface area contributed by atoms with E-state index in [-0.39, 0.29) is 24.8 Å². The third kappa shape index (κ3) is 3.37. The van der Waals surface area contributed by atoms with Crippen LogP contribution in [-0.2, 0) is 0 Å². The van der Waals surface area contributed by atoms with Gasteiger partial charge in [-0.05, 0) is 30.7 Å². The lowest BCUT2D eigenvalue weighted by Gasteiger charge is -2.15. The smallest absolute Gasteiger partial charge is 0.220 e. The molecule has 5 heteroatoms. The number of rotatable bonds is 2. The lowest BCUT2D eigenvalue weighted by atomic mass is 10.0. The van der Waals surface area contributed by atoms with E-state index in [0.29, 0.717) is 0 Å². The molecule has 0 saturated heterocycles. The van der Waals surface area contributed by atoms with Gasteiger partial charge in [0.1, 0.15) is 0 Å². The molecule has 90 valence electrons. The first-order chi connectivity index (χ1) is 6.92. The van der Waals surface area contributed by atoms with Gasteiger partial charge in [-0.3, -0.25) is 0 Å². The van der Waals surface area contributed by atoms with Gasteiger partial charge in [-0.15, -0.1) is 24.8 Å². The van der Waals surface area contributed by atoms with Crippen molar-refractivity contribution in [3.8, 4) is 5.88 Å². The Morgan fingerprint density at radius 3 is 2.81 bits per heavy atom. The summed E-state index contributed by atoms with van der Waals surface area (Å²) in [5, 5.41) is 3.28.